The van der Waals surface area contributed by atoms with E-state index in [4.69, 9.17) is 10.2 Å². The fourth-order valence-electron chi connectivity index (χ4n) is 1.99. The lowest BCUT2D eigenvalue weighted by atomic mass is 10.2. The molecule has 1 aromatic carbocycles. The van der Waals surface area contributed by atoms with Crippen LogP contribution in [0.1, 0.15) is 11.3 Å². The Morgan fingerprint density at radius 2 is 2.20 bits per heavy atom. The van der Waals surface area contributed by atoms with Crippen molar-refractivity contribution in [1.82, 2.24) is 4.90 Å². The highest BCUT2D eigenvalue weighted by atomic mass is 16.3. The molecule has 106 valence electrons. The van der Waals surface area contributed by atoms with E-state index in [1.54, 1.807) is 12.3 Å². The van der Waals surface area contributed by atoms with Crippen LogP contribution < -0.4 is 11.1 Å². The van der Waals surface area contributed by atoms with Gasteiger partial charge in [-0.05, 0) is 49.9 Å². The Bertz CT molecular complexity index is 579. The van der Waals surface area contributed by atoms with Crippen LogP contribution in [0.4, 0.5) is 11.4 Å². The number of carbonyl (C=O) groups is 1. The summed E-state index contributed by atoms with van der Waals surface area (Å²) in [5.74, 6) is 0.774. The van der Waals surface area contributed by atoms with E-state index in [2.05, 4.69) is 5.32 Å². The maximum atomic E-state index is 12.0. The summed E-state index contributed by atoms with van der Waals surface area (Å²) in [6.45, 7) is 2.81. The molecule has 3 N–H and O–H groups in total. The molecule has 5 heteroatoms. The van der Waals surface area contributed by atoms with Crippen molar-refractivity contribution in [2.24, 2.45) is 0 Å². The molecular formula is C15H19N3O2. The van der Waals surface area contributed by atoms with Gasteiger partial charge in [-0.3, -0.25) is 9.69 Å². The maximum absolute atomic E-state index is 12.0. The van der Waals surface area contributed by atoms with Crippen LogP contribution in [0.15, 0.2) is 41.0 Å². The zero-order valence-corrected chi connectivity index (χ0v) is 11.7. The van der Waals surface area contributed by atoms with Crippen LogP contribution in [0.3, 0.4) is 0 Å². The highest BCUT2D eigenvalue weighted by Crippen LogP contribution is 2.17. The molecule has 0 saturated carbocycles. The third kappa shape index (κ3) is 3.86. The van der Waals surface area contributed by atoms with E-state index < -0.39 is 0 Å². The molecule has 2 aromatic rings. The quantitative estimate of drug-likeness (QED) is 0.820. The predicted molar refractivity (Wildman–Crippen MR) is 79.3 cm³/mol. The molecule has 0 aliphatic carbocycles. The highest BCUT2D eigenvalue weighted by Gasteiger charge is 2.09. The molecular weight excluding hydrogens is 254 g/mol. The van der Waals surface area contributed by atoms with Gasteiger partial charge >= 0.3 is 0 Å². The molecule has 1 amide bonds. The van der Waals surface area contributed by atoms with Crippen LogP contribution in [0.5, 0.6) is 0 Å². The molecule has 1 heterocycles. The summed E-state index contributed by atoms with van der Waals surface area (Å²) in [4.78, 5) is 13.9. The molecule has 0 aliphatic rings. The molecule has 0 atom stereocenters. The Labute approximate surface area is 118 Å². The number of nitrogens with zero attached hydrogens (tertiary/aromatic N) is 1. The largest absolute Gasteiger partial charge is 0.468 e. The number of nitrogens with two attached hydrogens (primary N) is 1. The molecule has 20 heavy (non-hydrogen) atoms. The number of rotatable bonds is 5. The minimum absolute atomic E-state index is 0.0630. The Morgan fingerprint density at radius 1 is 1.40 bits per heavy atom. The van der Waals surface area contributed by atoms with Crippen molar-refractivity contribution < 1.29 is 9.21 Å². The molecule has 0 aliphatic heterocycles. The van der Waals surface area contributed by atoms with Crippen LogP contribution >= 0.6 is 0 Å². The molecule has 0 unspecified atom stereocenters. The monoisotopic (exact) mass is 273 g/mol. The third-order valence-electron chi connectivity index (χ3n) is 2.94. The lowest BCUT2D eigenvalue weighted by molar-refractivity contribution is -0.117. The van der Waals surface area contributed by atoms with Crippen molar-refractivity contribution >= 4 is 17.3 Å². The number of nitrogens with one attached hydrogen (secondary N) is 1. The number of nitrogen functional groups attached to an aromatic ring is 1. The van der Waals surface area contributed by atoms with Crippen molar-refractivity contribution in [2.75, 3.05) is 24.6 Å². The summed E-state index contributed by atoms with van der Waals surface area (Å²) >= 11 is 0. The summed E-state index contributed by atoms with van der Waals surface area (Å²) in [7, 11) is 1.87. The zero-order valence-electron chi connectivity index (χ0n) is 11.7. The van der Waals surface area contributed by atoms with Gasteiger partial charge in [-0.25, -0.2) is 0 Å². The van der Waals surface area contributed by atoms with E-state index in [0.717, 1.165) is 17.0 Å². The number of amides is 1. The Morgan fingerprint density at radius 3 is 2.85 bits per heavy atom. The number of anilines is 2. The first kappa shape index (κ1) is 14.1. The van der Waals surface area contributed by atoms with E-state index in [1.165, 1.54) is 0 Å². The Hall–Kier alpha value is -2.27. The van der Waals surface area contributed by atoms with E-state index in [1.807, 2.05) is 43.1 Å². The number of carbonyl (C=O) groups excluding carboxylic acids is 1. The van der Waals surface area contributed by atoms with Crippen LogP contribution in [-0.2, 0) is 11.3 Å². The molecule has 0 fully saturated rings. The smallest absolute Gasteiger partial charge is 0.238 e. The van der Waals surface area contributed by atoms with Crippen LogP contribution in [0, 0.1) is 6.92 Å². The second-order valence-electron chi connectivity index (χ2n) is 4.87. The maximum Gasteiger partial charge on any atom is 0.238 e. The van der Waals surface area contributed by atoms with Crippen LogP contribution in [0.25, 0.3) is 0 Å². The fourth-order valence-corrected chi connectivity index (χ4v) is 1.99. The molecule has 0 saturated heterocycles. The molecule has 1 aromatic heterocycles. The molecule has 0 bridgehead atoms. The van der Waals surface area contributed by atoms with E-state index in [0.29, 0.717) is 18.8 Å². The van der Waals surface area contributed by atoms with E-state index in [-0.39, 0.29) is 5.91 Å². The molecule has 0 spiro atoms. The average Bonchev–Trinajstić information content (AvgIpc) is 2.85. The minimum Gasteiger partial charge on any atom is -0.468 e. The van der Waals surface area contributed by atoms with Gasteiger partial charge in [0, 0.05) is 11.4 Å². The topological polar surface area (TPSA) is 71.5 Å². The summed E-state index contributed by atoms with van der Waals surface area (Å²) < 4.78 is 5.25. The number of benzene rings is 1. The number of hydrogen-bond acceptors (Lipinski definition) is 4. The van der Waals surface area contributed by atoms with E-state index >= 15 is 0 Å². The van der Waals surface area contributed by atoms with Crippen molar-refractivity contribution in [3.8, 4) is 0 Å². The first-order valence-corrected chi connectivity index (χ1v) is 6.41. The van der Waals surface area contributed by atoms with Gasteiger partial charge in [-0.15, -0.1) is 0 Å². The van der Waals surface area contributed by atoms with Gasteiger partial charge in [0.2, 0.25) is 5.91 Å². The second kappa shape index (κ2) is 6.25. The first-order chi connectivity index (χ1) is 9.54. The summed E-state index contributed by atoms with van der Waals surface area (Å²) in [6.07, 6.45) is 1.63. The Kier molecular flexibility index (Phi) is 4.42. The van der Waals surface area contributed by atoms with Crippen molar-refractivity contribution in [3.05, 3.63) is 47.9 Å². The standard InChI is InChI=1S/C15H19N3O2/c1-11-8-12(16)5-6-14(11)17-15(19)10-18(2)9-13-4-3-7-20-13/h3-8H,9-10,16H2,1-2H3,(H,17,19). The highest BCUT2D eigenvalue weighted by molar-refractivity contribution is 5.93. The first-order valence-electron chi connectivity index (χ1n) is 6.41. The normalized spacial score (nSPS) is 10.8. The molecule has 2 rings (SSSR count). The van der Waals surface area contributed by atoms with Crippen LogP contribution in [0.2, 0.25) is 0 Å². The predicted octanol–water partition coefficient (Wildman–Crippen LogP) is 2.24. The average molecular weight is 273 g/mol. The fraction of sp³-hybridized carbons (Fsp3) is 0.267. The van der Waals surface area contributed by atoms with E-state index in [9.17, 15) is 4.79 Å². The van der Waals surface area contributed by atoms with Gasteiger partial charge in [0.1, 0.15) is 5.76 Å². The minimum atomic E-state index is -0.0630. The zero-order chi connectivity index (χ0) is 14.5. The van der Waals surface area contributed by atoms with Gasteiger partial charge < -0.3 is 15.5 Å². The number of likely N-dealkylation sites (N-methyl/N-ethyl adjacent to an activating group) is 1. The lowest BCUT2D eigenvalue weighted by Gasteiger charge is -2.15. The van der Waals surface area contributed by atoms with Gasteiger partial charge in [0.05, 0.1) is 19.4 Å². The Balaban J connectivity index is 1.88. The summed E-state index contributed by atoms with van der Waals surface area (Å²) in [6, 6.07) is 9.14. The van der Waals surface area contributed by atoms with Crippen molar-refractivity contribution in [1.29, 1.82) is 0 Å². The van der Waals surface area contributed by atoms with Crippen molar-refractivity contribution in [3.63, 3.8) is 0 Å². The molecule has 0 radical (unpaired) electrons. The summed E-state index contributed by atoms with van der Waals surface area (Å²) in [5, 5.41) is 2.88. The SMILES string of the molecule is Cc1cc(N)ccc1NC(=O)CN(C)Cc1ccco1. The second-order valence-corrected chi connectivity index (χ2v) is 4.87. The number of hydrogen-bond donors (Lipinski definition) is 2. The number of furan rings is 1. The van der Waals surface area contributed by atoms with Crippen LogP contribution in [-0.4, -0.2) is 24.4 Å². The van der Waals surface area contributed by atoms with Gasteiger partial charge in [0.25, 0.3) is 0 Å². The third-order valence-corrected chi connectivity index (χ3v) is 2.94. The lowest BCUT2D eigenvalue weighted by Crippen LogP contribution is -2.29. The summed E-state index contributed by atoms with van der Waals surface area (Å²) in [5.41, 5.74) is 8.11. The number of aryl methyl sites for hydroxylation is 1. The van der Waals surface area contributed by atoms with Gasteiger partial charge in [-0.2, -0.15) is 0 Å². The van der Waals surface area contributed by atoms with Gasteiger partial charge in [0.15, 0.2) is 0 Å². The van der Waals surface area contributed by atoms with Crippen molar-refractivity contribution in [2.45, 2.75) is 13.5 Å². The molecule has 5 nitrogen and oxygen atoms in total. The van der Waals surface area contributed by atoms with Gasteiger partial charge in [-0.1, -0.05) is 0 Å².